The Labute approximate surface area is 100 Å². The number of ether oxygens (including phenoxy) is 1. The molecule has 0 aliphatic heterocycles. The summed E-state index contributed by atoms with van der Waals surface area (Å²) in [6.07, 6.45) is -2.48. The van der Waals surface area contributed by atoms with E-state index in [1.165, 1.54) is 0 Å². The Morgan fingerprint density at radius 3 is 2.59 bits per heavy atom. The molecule has 0 saturated carbocycles. The standard InChI is InChI=1S/C12H18F2N2O/c1-8(2)10-4-9(6-15-3)5-12(16-10)17-7-11(13)14/h4-5,8,11,15H,6-7H2,1-3H3. The zero-order valence-electron chi connectivity index (χ0n) is 10.3. The van der Waals surface area contributed by atoms with E-state index in [4.69, 9.17) is 4.74 Å². The molecular weight excluding hydrogens is 226 g/mol. The number of pyridine rings is 1. The monoisotopic (exact) mass is 244 g/mol. The first kappa shape index (κ1) is 13.8. The van der Waals surface area contributed by atoms with Crippen LogP contribution in [0.1, 0.15) is 31.0 Å². The highest BCUT2D eigenvalue weighted by atomic mass is 19.3. The van der Waals surface area contributed by atoms with Crippen molar-refractivity contribution in [3.8, 4) is 5.88 Å². The highest BCUT2D eigenvalue weighted by molar-refractivity contribution is 5.26. The van der Waals surface area contributed by atoms with Crippen molar-refractivity contribution in [2.45, 2.75) is 32.7 Å². The van der Waals surface area contributed by atoms with E-state index in [2.05, 4.69) is 10.3 Å². The van der Waals surface area contributed by atoms with Crippen LogP contribution in [0.3, 0.4) is 0 Å². The third kappa shape index (κ3) is 4.65. The molecule has 0 aliphatic rings. The van der Waals surface area contributed by atoms with Gasteiger partial charge in [-0.2, -0.15) is 0 Å². The van der Waals surface area contributed by atoms with E-state index < -0.39 is 13.0 Å². The van der Waals surface area contributed by atoms with Crippen LogP contribution in [0.2, 0.25) is 0 Å². The number of hydrogen-bond acceptors (Lipinski definition) is 3. The SMILES string of the molecule is CNCc1cc(OCC(F)F)nc(C(C)C)c1. The maximum absolute atomic E-state index is 12.1. The van der Waals surface area contributed by atoms with Gasteiger partial charge < -0.3 is 10.1 Å². The second-order valence-electron chi connectivity index (χ2n) is 4.13. The molecule has 0 aromatic carbocycles. The van der Waals surface area contributed by atoms with E-state index in [-0.39, 0.29) is 11.8 Å². The average molecular weight is 244 g/mol. The van der Waals surface area contributed by atoms with Gasteiger partial charge in [0.25, 0.3) is 6.43 Å². The van der Waals surface area contributed by atoms with E-state index in [9.17, 15) is 8.78 Å². The molecule has 1 heterocycles. The average Bonchev–Trinajstić information content (AvgIpc) is 2.26. The van der Waals surface area contributed by atoms with E-state index in [1.54, 1.807) is 6.07 Å². The fourth-order valence-corrected chi connectivity index (χ4v) is 1.41. The second-order valence-corrected chi connectivity index (χ2v) is 4.13. The fourth-order valence-electron chi connectivity index (χ4n) is 1.41. The van der Waals surface area contributed by atoms with Gasteiger partial charge in [-0.3, -0.25) is 0 Å². The Bertz CT molecular complexity index is 356. The van der Waals surface area contributed by atoms with Gasteiger partial charge >= 0.3 is 0 Å². The lowest BCUT2D eigenvalue weighted by molar-refractivity contribution is 0.0794. The Balaban J connectivity index is 2.87. The van der Waals surface area contributed by atoms with Crippen LogP contribution >= 0.6 is 0 Å². The maximum atomic E-state index is 12.1. The van der Waals surface area contributed by atoms with Crippen LogP contribution in [0, 0.1) is 0 Å². The molecule has 1 rings (SSSR count). The first-order chi connectivity index (χ1) is 8.02. The Kier molecular flexibility index (Phi) is 5.28. The summed E-state index contributed by atoms with van der Waals surface area (Å²) < 4.78 is 29.1. The van der Waals surface area contributed by atoms with Crippen molar-refractivity contribution < 1.29 is 13.5 Å². The van der Waals surface area contributed by atoms with Crippen LogP contribution in [0.15, 0.2) is 12.1 Å². The number of nitrogens with zero attached hydrogens (tertiary/aromatic N) is 1. The molecule has 17 heavy (non-hydrogen) atoms. The highest BCUT2D eigenvalue weighted by Gasteiger charge is 2.09. The topological polar surface area (TPSA) is 34.1 Å². The zero-order valence-corrected chi connectivity index (χ0v) is 10.3. The van der Waals surface area contributed by atoms with Gasteiger partial charge in [0.1, 0.15) is 0 Å². The predicted octanol–water partition coefficient (Wildman–Crippen LogP) is 2.57. The minimum absolute atomic E-state index is 0.237. The summed E-state index contributed by atoms with van der Waals surface area (Å²) in [5, 5.41) is 3.01. The lowest BCUT2D eigenvalue weighted by Crippen LogP contribution is -2.11. The van der Waals surface area contributed by atoms with Crippen LogP contribution in [-0.4, -0.2) is 25.1 Å². The lowest BCUT2D eigenvalue weighted by Gasteiger charge is -2.11. The normalized spacial score (nSPS) is 11.2. The van der Waals surface area contributed by atoms with Gasteiger partial charge in [-0.05, 0) is 24.6 Å². The van der Waals surface area contributed by atoms with Gasteiger partial charge in [-0.1, -0.05) is 13.8 Å². The summed E-state index contributed by atoms with van der Waals surface area (Å²) in [5.41, 5.74) is 1.83. The number of alkyl halides is 2. The van der Waals surface area contributed by atoms with Crippen molar-refractivity contribution in [3.63, 3.8) is 0 Å². The van der Waals surface area contributed by atoms with Gasteiger partial charge in [0.05, 0.1) is 0 Å². The molecule has 3 nitrogen and oxygen atoms in total. The molecule has 0 aliphatic carbocycles. The summed E-state index contributed by atoms with van der Waals surface area (Å²) in [7, 11) is 1.83. The number of hydrogen-bond donors (Lipinski definition) is 1. The fraction of sp³-hybridized carbons (Fsp3) is 0.583. The van der Waals surface area contributed by atoms with Gasteiger partial charge in [-0.25, -0.2) is 13.8 Å². The first-order valence-electron chi connectivity index (χ1n) is 5.59. The predicted molar refractivity (Wildman–Crippen MR) is 62.6 cm³/mol. The van der Waals surface area contributed by atoms with E-state index in [0.29, 0.717) is 6.54 Å². The molecule has 0 unspecified atom stereocenters. The van der Waals surface area contributed by atoms with Crippen molar-refractivity contribution in [2.75, 3.05) is 13.7 Å². The number of halogens is 2. The second kappa shape index (κ2) is 6.49. The summed E-state index contributed by atoms with van der Waals surface area (Å²) in [6.45, 7) is 4.05. The van der Waals surface area contributed by atoms with Crippen molar-refractivity contribution in [3.05, 3.63) is 23.4 Å². The van der Waals surface area contributed by atoms with Crippen LogP contribution in [-0.2, 0) is 6.54 Å². The third-order valence-corrected chi connectivity index (χ3v) is 2.21. The van der Waals surface area contributed by atoms with Crippen LogP contribution in [0.5, 0.6) is 5.88 Å². The molecule has 0 atom stereocenters. The highest BCUT2D eigenvalue weighted by Crippen LogP contribution is 2.19. The van der Waals surface area contributed by atoms with Crippen molar-refractivity contribution >= 4 is 0 Å². The van der Waals surface area contributed by atoms with Gasteiger partial charge in [-0.15, -0.1) is 0 Å². The van der Waals surface area contributed by atoms with Crippen LogP contribution < -0.4 is 10.1 Å². The molecule has 1 aromatic rings. The maximum Gasteiger partial charge on any atom is 0.272 e. The minimum atomic E-state index is -2.48. The van der Waals surface area contributed by atoms with Crippen molar-refractivity contribution in [1.82, 2.24) is 10.3 Å². The van der Waals surface area contributed by atoms with Gasteiger partial charge in [0.15, 0.2) is 6.61 Å². The van der Waals surface area contributed by atoms with E-state index >= 15 is 0 Å². The lowest BCUT2D eigenvalue weighted by atomic mass is 10.1. The number of aromatic nitrogens is 1. The molecule has 0 fully saturated rings. The summed E-state index contributed by atoms with van der Waals surface area (Å²) in [6, 6.07) is 3.64. The molecule has 0 bridgehead atoms. The molecule has 5 heteroatoms. The molecule has 1 N–H and O–H groups in total. The van der Waals surface area contributed by atoms with Crippen LogP contribution in [0.4, 0.5) is 8.78 Å². The van der Waals surface area contributed by atoms with Gasteiger partial charge in [0.2, 0.25) is 5.88 Å². The Hall–Kier alpha value is -1.23. The van der Waals surface area contributed by atoms with E-state index in [1.807, 2.05) is 27.0 Å². The largest absolute Gasteiger partial charge is 0.472 e. The van der Waals surface area contributed by atoms with Crippen LogP contribution in [0.25, 0.3) is 0 Å². The smallest absolute Gasteiger partial charge is 0.272 e. The molecule has 0 saturated heterocycles. The zero-order chi connectivity index (χ0) is 12.8. The quantitative estimate of drug-likeness (QED) is 0.835. The van der Waals surface area contributed by atoms with Gasteiger partial charge in [0, 0.05) is 18.3 Å². The number of nitrogens with one attached hydrogen (secondary N) is 1. The molecular formula is C12H18F2N2O. The summed E-state index contributed by atoms with van der Waals surface area (Å²) in [4.78, 5) is 4.20. The molecule has 0 radical (unpaired) electrons. The Morgan fingerprint density at radius 2 is 2.06 bits per heavy atom. The Morgan fingerprint density at radius 1 is 1.35 bits per heavy atom. The molecule has 96 valence electrons. The molecule has 1 aromatic heterocycles. The summed E-state index contributed by atoms with van der Waals surface area (Å²) >= 11 is 0. The number of rotatable bonds is 6. The molecule has 0 spiro atoms. The first-order valence-corrected chi connectivity index (χ1v) is 5.59. The van der Waals surface area contributed by atoms with E-state index in [0.717, 1.165) is 11.3 Å². The van der Waals surface area contributed by atoms with Crippen molar-refractivity contribution in [1.29, 1.82) is 0 Å². The minimum Gasteiger partial charge on any atom is -0.472 e. The van der Waals surface area contributed by atoms with Crippen molar-refractivity contribution in [2.24, 2.45) is 0 Å². The molecule has 0 amide bonds. The third-order valence-electron chi connectivity index (χ3n) is 2.21. The summed E-state index contributed by atoms with van der Waals surface area (Å²) in [5.74, 6) is 0.502.